The highest BCUT2D eigenvalue weighted by molar-refractivity contribution is 5.68. The lowest BCUT2D eigenvalue weighted by Crippen LogP contribution is -2.11. The second-order valence-electron chi connectivity index (χ2n) is 2.66. The number of carbonyl (C=O) groups excluding carboxylic acids is 1. The summed E-state index contributed by atoms with van der Waals surface area (Å²) in [6, 6.07) is 0. The molecule has 0 fully saturated rings. The first kappa shape index (κ1) is 11.4. The predicted molar refractivity (Wildman–Crippen MR) is 43.6 cm³/mol. The lowest BCUT2D eigenvalue weighted by molar-refractivity contribution is -0.140. The summed E-state index contributed by atoms with van der Waals surface area (Å²) >= 11 is 0. The number of esters is 1. The standard InChI is InChI=1S/C8H16O4/c1-12-8(11)5-3-2-4-7(10)6-9/h7,9-10H,2-6H2,1H3. The van der Waals surface area contributed by atoms with Crippen molar-refractivity contribution in [2.75, 3.05) is 13.7 Å². The van der Waals surface area contributed by atoms with Crippen LogP contribution in [0.5, 0.6) is 0 Å². The van der Waals surface area contributed by atoms with Crippen LogP contribution in [0.2, 0.25) is 0 Å². The van der Waals surface area contributed by atoms with Crippen LogP contribution < -0.4 is 0 Å². The van der Waals surface area contributed by atoms with E-state index in [1.165, 1.54) is 7.11 Å². The summed E-state index contributed by atoms with van der Waals surface area (Å²) in [5.41, 5.74) is 0. The lowest BCUT2D eigenvalue weighted by atomic mass is 10.1. The molecule has 12 heavy (non-hydrogen) atoms. The molecule has 0 amide bonds. The molecule has 2 N–H and O–H groups in total. The van der Waals surface area contributed by atoms with E-state index >= 15 is 0 Å². The van der Waals surface area contributed by atoms with Gasteiger partial charge < -0.3 is 14.9 Å². The van der Waals surface area contributed by atoms with Gasteiger partial charge in [-0.15, -0.1) is 0 Å². The van der Waals surface area contributed by atoms with Crippen LogP contribution in [0.4, 0.5) is 0 Å². The predicted octanol–water partition coefficient (Wildman–Crippen LogP) is 0.0730. The maximum atomic E-state index is 10.6. The average molecular weight is 176 g/mol. The minimum atomic E-state index is -0.650. The zero-order chi connectivity index (χ0) is 9.40. The molecular formula is C8H16O4. The molecule has 0 heterocycles. The van der Waals surface area contributed by atoms with Gasteiger partial charge in [0.1, 0.15) is 0 Å². The minimum absolute atomic E-state index is 0.210. The second kappa shape index (κ2) is 7.06. The smallest absolute Gasteiger partial charge is 0.305 e. The van der Waals surface area contributed by atoms with Gasteiger partial charge in [0.05, 0.1) is 19.8 Å². The van der Waals surface area contributed by atoms with Crippen molar-refractivity contribution in [2.24, 2.45) is 0 Å². The van der Waals surface area contributed by atoms with Crippen LogP contribution in [-0.2, 0) is 9.53 Å². The normalized spacial score (nSPS) is 12.6. The third kappa shape index (κ3) is 6.12. The zero-order valence-corrected chi connectivity index (χ0v) is 7.32. The summed E-state index contributed by atoms with van der Waals surface area (Å²) in [4.78, 5) is 10.6. The van der Waals surface area contributed by atoms with E-state index in [9.17, 15) is 4.79 Å². The van der Waals surface area contributed by atoms with Crippen molar-refractivity contribution in [3.05, 3.63) is 0 Å². The molecule has 0 saturated heterocycles. The number of carbonyl (C=O) groups is 1. The molecule has 0 aromatic heterocycles. The van der Waals surface area contributed by atoms with Crippen LogP contribution >= 0.6 is 0 Å². The quantitative estimate of drug-likeness (QED) is 0.444. The molecule has 1 atom stereocenters. The van der Waals surface area contributed by atoms with Gasteiger partial charge in [0.2, 0.25) is 0 Å². The van der Waals surface area contributed by atoms with Crippen LogP contribution in [0.15, 0.2) is 0 Å². The molecule has 0 radical (unpaired) electrons. The van der Waals surface area contributed by atoms with E-state index < -0.39 is 6.10 Å². The fourth-order valence-electron chi connectivity index (χ4n) is 0.843. The molecular weight excluding hydrogens is 160 g/mol. The van der Waals surface area contributed by atoms with Gasteiger partial charge in [-0.25, -0.2) is 0 Å². The van der Waals surface area contributed by atoms with E-state index in [4.69, 9.17) is 10.2 Å². The van der Waals surface area contributed by atoms with E-state index in [1.54, 1.807) is 0 Å². The van der Waals surface area contributed by atoms with Crippen molar-refractivity contribution in [1.82, 2.24) is 0 Å². The molecule has 0 aromatic carbocycles. The van der Waals surface area contributed by atoms with Crippen molar-refractivity contribution >= 4 is 5.97 Å². The van der Waals surface area contributed by atoms with Crippen molar-refractivity contribution in [1.29, 1.82) is 0 Å². The summed E-state index contributed by atoms with van der Waals surface area (Å²) < 4.78 is 4.43. The van der Waals surface area contributed by atoms with Crippen molar-refractivity contribution in [3.63, 3.8) is 0 Å². The number of ether oxygens (including phenoxy) is 1. The monoisotopic (exact) mass is 176 g/mol. The van der Waals surface area contributed by atoms with E-state index in [-0.39, 0.29) is 12.6 Å². The van der Waals surface area contributed by atoms with Gasteiger partial charge in [0.25, 0.3) is 0 Å². The number of unbranched alkanes of at least 4 members (excludes halogenated alkanes) is 1. The molecule has 0 aromatic rings. The summed E-state index contributed by atoms with van der Waals surface area (Å²) in [5.74, 6) is -0.228. The molecule has 0 spiro atoms. The molecule has 0 aliphatic carbocycles. The molecule has 0 saturated carbocycles. The maximum absolute atomic E-state index is 10.6. The van der Waals surface area contributed by atoms with Crippen molar-refractivity contribution in [2.45, 2.75) is 31.8 Å². The molecule has 0 bridgehead atoms. The highest BCUT2D eigenvalue weighted by atomic mass is 16.5. The van der Waals surface area contributed by atoms with Crippen LogP contribution in [0.3, 0.4) is 0 Å². The van der Waals surface area contributed by atoms with E-state index in [1.807, 2.05) is 0 Å². The number of rotatable bonds is 6. The summed E-state index contributed by atoms with van der Waals surface area (Å²) in [6.45, 7) is -0.210. The summed E-state index contributed by atoms with van der Waals surface area (Å²) in [6.07, 6.45) is 1.70. The van der Waals surface area contributed by atoms with E-state index in [2.05, 4.69) is 4.74 Å². The van der Waals surface area contributed by atoms with Gasteiger partial charge in [0.15, 0.2) is 0 Å². The average Bonchev–Trinajstić information content (AvgIpc) is 2.11. The minimum Gasteiger partial charge on any atom is -0.469 e. The summed E-state index contributed by atoms with van der Waals surface area (Å²) in [5, 5.41) is 17.4. The maximum Gasteiger partial charge on any atom is 0.305 e. The highest BCUT2D eigenvalue weighted by Crippen LogP contribution is 2.03. The Balaban J connectivity index is 3.15. The number of aliphatic hydroxyl groups excluding tert-OH is 2. The van der Waals surface area contributed by atoms with Gasteiger partial charge >= 0.3 is 5.97 Å². The van der Waals surface area contributed by atoms with Gasteiger partial charge in [0, 0.05) is 6.42 Å². The van der Waals surface area contributed by atoms with Crippen molar-refractivity contribution in [3.8, 4) is 0 Å². The number of hydrogen-bond acceptors (Lipinski definition) is 4. The van der Waals surface area contributed by atoms with Crippen LogP contribution in [0.1, 0.15) is 25.7 Å². The Hall–Kier alpha value is -0.610. The Bertz CT molecular complexity index is 124. The fraction of sp³-hybridized carbons (Fsp3) is 0.875. The molecule has 72 valence electrons. The van der Waals surface area contributed by atoms with Gasteiger partial charge in [-0.1, -0.05) is 6.42 Å². The fourth-order valence-corrected chi connectivity index (χ4v) is 0.843. The Morgan fingerprint density at radius 3 is 2.67 bits per heavy atom. The zero-order valence-electron chi connectivity index (χ0n) is 7.32. The highest BCUT2D eigenvalue weighted by Gasteiger charge is 2.03. The van der Waals surface area contributed by atoms with Gasteiger partial charge in [-0.05, 0) is 12.8 Å². The molecule has 4 heteroatoms. The molecule has 4 nitrogen and oxygen atoms in total. The third-order valence-corrected chi connectivity index (χ3v) is 1.61. The van der Waals surface area contributed by atoms with Crippen LogP contribution in [0.25, 0.3) is 0 Å². The van der Waals surface area contributed by atoms with E-state index in [0.29, 0.717) is 19.3 Å². The Morgan fingerprint density at radius 2 is 2.17 bits per heavy atom. The second-order valence-corrected chi connectivity index (χ2v) is 2.66. The first-order valence-electron chi connectivity index (χ1n) is 4.06. The summed E-state index contributed by atoms with van der Waals surface area (Å²) in [7, 11) is 1.35. The Morgan fingerprint density at radius 1 is 1.50 bits per heavy atom. The number of aliphatic hydroxyl groups is 2. The third-order valence-electron chi connectivity index (χ3n) is 1.61. The Labute approximate surface area is 72.2 Å². The van der Waals surface area contributed by atoms with Gasteiger partial charge in [-0.2, -0.15) is 0 Å². The topological polar surface area (TPSA) is 66.8 Å². The Kier molecular flexibility index (Phi) is 6.70. The lowest BCUT2D eigenvalue weighted by Gasteiger charge is -2.05. The van der Waals surface area contributed by atoms with Gasteiger partial charge in [-0.3, -0.25) is 4.79 Å². The first-order valence-corrected chi connectivity index (χ1v) is 4.06. The largest absolute Gasteiger partial charge is 0.469 e. The first-order chi connectivity index (χ1) is 5.70. The SMILES string of the molecule is COC(=O)CCCCC(O)CO. The van der Waals surface area contributed by atoms with E-state index in [0.717, 1.165) is 6.42 Å². The molecule has 0 aliphatic rings. The molecule has 1 unspecified atom stereocenters. The molecule has 0 aliphatic heterocycles. The van der Waals surface area contributed by atoms with Crippen molar-refractivity contribution < 1.29 is 19.7 Å². The van der Waals surface area contributed by atoms with Crippen LogP contribution in [-0.4, -0.2) is 36.0 Å². The molecule has 0 rings (SSSR count). The number of hydrogen-bond donors (Lipinski definition) is 2. The van der Waals surface area contributed by atoms with Crippen LogP contribution in [0, 0.1) is 0 Å². The number of methoxy groups -OCH3 is 1.